The third-order valence-electron chi connectivity index (χ3n) is 1.90. The van der Waals surface area contributed by atoms with Gasteiger partial charge in [0.25, 0.3) is 5.91 Å². The molecule has 0 aliphatic carbocycles. The van der Waals surface area contributed by atoms with Crippen LogP contribution in [0.5, 0.6) is 0 Å². The van der Waals surface area contributed by atoms with Gasteiger partial charge in [-0.05, 0) is 5.92 Å². The van der Waals surface area contributed by atoms with Gasteiger partial charge < -0.3 is 10.2 Å². The highest BCUT2D eigenvalue weighted by Crippen LogP contribution is 2.16. The molecule has 1 aliphatic heterocycles. The Kier molecular flexibility index (Phi) is 2.22. The maximum atomic E-state index is 11.3. The molecule has 1 amide bonds. The SMILES string of the molecule is C=C1NC(=O)C(C(C)C)=CN1C. The lowest BCUT2D eigenvalue weighted by Crippen LogP contribution is -2.37. The number of nitrogens with zero attached hydrogens (tertiary/aromatic N) is 1. The average Bonchev–Trinajstić information content (AvgIpc) is 1.96. The number of hydrogen-bond donors (Lipinski definition) is 1. The number of amides is 1. The summed E-state index contributed by atoms with van der Waals surface area (Å²) in [6.07, 6.45) is 1.83. The molecule has 0 saturated carbocycles. The molecule has 0 unspecified atom stereocenters. The van der Waals surface area contributed by atoms with Gasteiger partial charge in [-0.15, -0.1) is 0 Å². The fraction of sp³-hybridized carbons (Fsp3) is 0.444. The monoisotopic (exact) mass is 166 g/mol. The maximum absolute atomic E-state index is 11.3. The summed E-state index contributed by atoms with van der Waals surface area (Å²) in [6, 6.07) is 0. The van der Waals surface area contributed by atoms with Gasteiger partial charge >= 0.3 is 0 Å². The number of carbonyl (C=O) groups excluding carboxylic acids is 1. The van der Waals surface area contributed by atoms with Crippen LogP contribution < -0.4 is 5.32 Å². The standard InChI is InChI=1S/C9H14N2O/c1-6(2)8-5-11(4)7(3)10-9(8)12/h5-6H,3H2,1-2,4H3,(H,10,12). The Bertz CT molecular complexity index is 253. The van der Waals surface area contributed by atoms with E-state index in [2.05, 4.69) is 11.9 Å². The number of hydrogen-bond acceptors (Lipinski definition) is 2. The molecule has 0 atom stereocenters. The molecule has 0 aromatic heterocycles. The van der Waals surface area contributed by atoms with E-state index in [4.69, 9.17) is 0 Å². The third-order valence-corrected chi connectivity index (χ3v) is 1.90. The van der Waals surface area contributed by atoms with Gasteiger partial charge in [0.2, 0.25) is 0 Å². The molecular weight excluding hydrogens is 152 g/mol. The van der Waals surface area contributed by atoms with E-state index in [1.54, 1.807) is 0 Å². The van der Waals surface area contributed by atoms with Gasteiger partial charge in [-0.2, -0.15) is 0 Å². The highest BCUT2D eigenvalue weighted by molar-refractivity contribution is 5.95. The molecule has 0 radical (unpaired) electrons. The van der Waals surface area contributed by atoms with Gasteiger partial charge in [0.1, 0.15) is 5.82 Å². The van der Waals surface area contributed by atoms with Crippen LogP contribution in [0.4, 0.5) is 0 Å². The van der Waals surface area contributed by atoms with Crippen LogP contribution in [-0.4, -0.2) is 17.9 Å². The molecule has 0 spiro atoms. The van der Waals surface area contributed by atoms with Crippen molar-refractivity contribution < 1.29 is 4.79 Å². The minimum absolute atomic E-state index is 0.0342. The first kappa shape index (κ1) is 8.84. The van der Waals surface area contributed by atoms with E-state index in [-0.39, 0.29) is 11.8 Å². The summed E-state index contributed by atoms with van der Waals surface area (Å²) in [4.78, 5) is 13.1. The Balaban J connectivity index is 2.93. The number of carbonyl (C=O) groups is 1. The Morgan fingerprint density at radius 1 is 1.58 bits per heavy atom. The molecule has 0 fully saturated rings. The first-order valence-electron chi connectivity index (χ1n) is 3.97. The molecule has 1 aliphatic rings. The maximum Gasteiger partial charge on any atom is 0.254 e. The summed E-state index contributed by atoms with van der Waals surface area (Å²) in [7, 11) is 1.87. The first-order chi connectivity index (χ1) is 5.52. The van der Waals surface area contributed by atoms with Crippen LogP contribution in [0.15, 0.2) is 24.2 Å². The minimum atomic E-state index is -0.0342. The van der Waals surface area contributed by atoms with Crippen molar-refractivity contribution >= 4 is 5.91 Å². The summed E-state index contributed by atoms with van der Waals surface area (Å²) >= 11 is 0. The second-order valence-corrected chi connectivity index (χ2v) is 3.25. The molecule has 12 heavy (non-hydrogen) atoms. The van der Waals surface area contributed by atoms with Gasteiger partial charge in [0.05, 0.1) is 0 Å². The van der Waals surface area contributed by atoms with E-state index in [1.807, 2.05) is 32.0 Å². The van der Waals surface area contributed by atoms with Gasteiger partial charge in [0, 0.05) is 18.8 Å². The summed E-state index contributed by atoms with van der Waals surface area (Å²) in [6.45, 7) is 7.68. The van der Waals surface area contributed by atoms with Crippen LogP contribution in [0.25, 0.3) is 0 Å². The largest absolute Gasteiger partial charge is 0.338 e. The van der Waals surface area contributed by atoms with Crippen LogP contribution in [-0.2, 0) is 4.79 Å². The van der Waals surface area contributed by atoms with Gasteiger partial charge in [-0.25, -0.2) is 0 Å². The fourth-order valence-corrected chi connectivity index (χ4v) is 1.05. The normalized spacial score (nSPS) is 18.0. The van der Waals surface area contributed by atoms with E-state index < -0.39 is 0 Å². The van der Waals surface area contributed by atoms with Gasteiger partial charge in [0.15, 0.2) is 0 Å². The van der Waals surface area contributed by atoms with Crippen LogP contribution in [0.1, 0.15) is 13.8 Å². The van der Waals surface area contributed by atoms with Crippen molar-refractivity contribution in [2.75, 3.05) is 7.05 Å². The van der Waals surface area contributed by atoms with Crippen LogP contribution in [0.2, 0.25) is 0 Å². The summed E-state index contributed by atoms with van der Waals surface area (Å²) in [5.74, 6) is 0.845. The molecule has 1 heterocycles. The second kappa shape index (κ2) is 3.01. The molecule has 0 saturated heterocycles. The van der Waals surface area contributed by atoms with E-state index >= 15 is 0 Å². The van der Waals surface area contributed by atoms with Gasteiger partial charge in [-0.1, -0.05) is 20.4 Å². The lowest BCUT2D eigenvalue weighted by molar-refractivity contribution is -0.118. The third kappa shape index (κ3) is 1.49. The predicted octanol–water partition coefficient (Wildman–Crippen LogP) is 1.06. The minimum Gasteiger partial charge on any atom is -0.338 e. The Morgan fingerprint density at radius 3 is 2.67 bits per heavy atom. The molecule has 3 nitrogen and oxygen atoms in total. The summed E-state index contributed by atoms with van der Waals surface area (Å²) in [5, 5.41) is 2.68. The van der Waals surface area contributed by atoms with Crippen LogP contribution in [0, 0.1) is 5.92 Å². The zero-order valence-electron chi connectivity index (χ0n) is 7.72. The fourth-order valence-electron chi connectivity index (χ4n) is 1.05. The molecule has 0 aromatic rings. The highest BCUT2D eigenvalue weighted by atomic mass is 16.2. The number of rotatable bonds is 1. The molecule has 1 rings (SSSR count). The highest BCUT2D eigenvalue weighted by Gasteiger charge is 2.20. The van der Waals surface area contributed by atoms with E-state index in [9.17, 15) is 4.79 Å². The van der Waals surface area contributed by atoms with Crippen molar-refractivity contribution in [2.24, 2.45) is 5.92 Å². The zero-order chi connectivity index (χ0) is 9.30. The first-order valence-corrected chi connectivity index (χ1v) is 3.97. The molecule has 0 aromatic carbocycles. The Morgan fingerprint density at radius 2 is 2.17 bits per heavy atom. The van der Waals surface area contributed by atoms with Crippen molar-refractivity contribution in [3.05, 3.63) is 24.2 Å². The van der Waals surface area contributed by atoms with E-state index in [0.717, 1.165) is 5.57 Å². The zero-order valence-corrected chi connectivity index (χ0v) is 7.72. The van der Waals surface area contributed by atoms with E-state index in [1.165, 1.54) is 0 Å². The Hall–Kier alpha value is -1.25. The average molecular weight is 166 g/mol. The summed E-state index contributed by atoms with van der Waals surface area (Å²) in [5.41, 5.74) is 0.796. The van der Waals surface area contributed by atoms with Crippen molar-refractivity contribution in [2.45, 2.75) is 13.8 Å². The number of nitrogens with one attached hydrogen (secondary N) is 1. The van der Waals surface area contributed by atoms with Gasteiger partial charge in [-0.3, -0.25) is 4.79 Å². The molecule has 0 bridgehead atoms. The van der Waals surface area contributed by atoms with Crippen LogP contribution >= 0.6 is 0 Å². The predicted molar refractivity (Wildman–Crippen MR) is 48.0 cm³/mol. The second-order valence-electron chi connectivity index (χ2n) is 3.25. The molecule has 3 heteroatoms. The Labute approximate surface area is 72.7 Å². The van der Waals surface area contributed by atoms with Crippen molar-refractivity contribution in [1.29, 1.82) is 0 Å². The molecule has 66 valence electrons. The topological polar surface area (TPSA) is 32.3 Å². The smallest absolute Gasteiger partial charge is 0.254 e. The molecule has 1 N–H and O–H groups in total. The van der Waals surface area contributed by atoms with Crippen molar-refractivity contribution in [3.8, 4) is 0 Å². The van der Waals surface area contributed by atoms with Crippen molar-refractivity contribution in [3.63, 3.8) is 0 Å². The quantitative estimate of drug-likeness (QED) is 0.631. The van der Waals surface area contributed by atoms with Crippen molar-refractivity contribution in [1.82, 2.24) is 10.2 Å². The van der Waals surface area contributed by atoms with Crippen LogP contribution in [0.3, 0.4) is 0 Å². The van der Waals surface area contributed by atoms with E-state index in [0.29, 0.717) is 5.82 Å². The lowest BCUT2D eigenvalue weighted by Gasteiger charge is -2.26. The lowest BCUT2D eigenvalue weighted by atomic mass is 10.0. The summed E-state index contributed by atoms with van der Waals surface area (Å²) < 4.78 is 0. The molecular formula is C9H14N2O.